The van der Waals surface area contributed by atoms with Crippen molar-refractivity contribution in [1.29, 1.82) is 0 Å². The van der Waals surface area contributed by atoms with Crippen LogP contribution in [0.4, 0.5) is 0 Å². The number of hydrogen-bond donors (Lipinski definition) is 0. The molecule has 1 aromatic carbocycles. The molecule has 6 heteroatoms. The molecule has 0 N–H and O–H groups in total. The molecule has 3 aromatic heterocycles. The summed E-state index contributed by atoms with van der Waals surface area (Å²) in [5, 5.41) is 9.20. The lowest BCUT2D eigenvalue weighted by Gasteiger charge is -1.92. The zero-order chi connectivity index (χ0) is 15.6. The van der Waals surface area contributed by atoms with Crippen molar-refractivity contribution >= 4 is 11.3 Å². The van der Waals surface area contributed by atoms with E-state index in [1.807, 2.05) is 49.4 Å². The molecular weight excluding hydrogens is 308 g/mol. The predicted octanol–water partition coefficient (Wildman–Crippen LogP) is 4.23. The van der Waals surface area contributed by atoms with Gasteiger partial charge in [0, 0.05) is 23.5 Å². The van der Waals surface area contributed by atoms with Crippen LogP contribution in [0.1, 0.15) is 5.69 Å². The van der Waals surface area contributed by atoms with Gasteiger partial charge in [0.1, 0.15) is 9.88 Å². The first kappa shape index (κ1) is 13.8. The number of thiazole rings is 1. The van der Waals surface area contributed by atoms with Crippen LogP contribution in [-0.4, -0.2) is 20.2 Å². The van der Waals surface area contributed by atoms with Crippen LogP contribution < -0.4 is 0 Å². The number of rotatable bonds is 3. The van der Waals surface area contributed by atoms with Crippen molar-refractivity contribution in [3.8, 4) is 32.8 Å². The van der Waals surface area contributed by atoms with Gasteiger partial charge in [0.05, 0.1) is 5.69 Å². The molecule has 3 heterocycles. The fraction of sp³-hybridized carbons (Fsp3) is 0.0588. The van der Waals surface area contributed by atoms with E-state index in [0.717, 1.165) is 26.7 Å². The Hall–Kier alpha value is -2.86. The zero-order valence-corrected chi connectivity index (χ0v) is 13.1. The smallest absolute Gasteiger partial charge is 0.260 e. The lowest BCUT2D eigenvalue weighted by Crippen LogP contribution is -1.79. The highest BCUT2D eigenvalue weighted by atomic mass is 32.1. The van der Waals surface area contributed by atoms with Gasteiger partial charge in [0.2, 0.25) is 5.89 Å². The molecule has 0 radical (unpaired) electrons. The minimum atomic E-state index is 0.494. The second-order valence-electron chi connectivity index (χ2n) is 4.95. The third kappa shape index (κ3) is 2.64. The maximum absolute atomic E-state index is 5.82. The van der Waals surface area contributed by atoms with Crippen LogP contribution in [-0.2, 0) is 0 Å². The number of aryl methyl sites for hydroxylation is 1. The molecule has 0 spiro atoms. The van der Waals surface area contributed by atoms with E-state index in [1.165, 1.54) is 11.3 Å². The maximum Gasteiger partial charge on any atom is 0.260 e. The molecule has 112 valence electrons. The Bertz CT molecular complexity index is 932. The van der Waals surface area contributed by atoms with E-state index in [2.05, 4.69) is 20.2 Å². The van der Waals surface area contributed by atoms with Crippen LogP contribution in [0.3, 0.4) is 0 Å². The highest BCUT2D eigenvalue weighted by molar-refractivity contribution is 7.18. The Kier molecular flexibility index (Phi) is 3.44. The van der Waals surface area contributed by atoms with E-state index in [-0.39, 0.29) is 0 Å². The van der Waals surface area contributed by atoms with Gasteiger partial charge in [0.15, 0.2) is 0 Å². The molecule has 0 unspecified atom stereocenters. The van der Waals surface area contributed by atoms with E-state index in [0.29, 0.717) is 11.8 Å². The summed E-state index contributed by atoms with van der Waals surface area (Å²) >= 11 is 1.53. The van der Waals surface area contributed by atoms with Crippen molar-refractivity contribution in [1.82, 2.24) is 20.2 Å². The van der Waals surface area contributed by atoms with Gasteiger partial charge in [-0.05, 0) is 31.2 Å². The Balaban J connectivity index is 1.72. The van der Waals surface area contributed by atoms with Crippen molar-refractivity contribution in [2.75, 3.05) is 0 Å². The Morgan fingerprint density at radius 1 is 0.913 bits per heavy atom. The molecule has 0 saturated heterocycles. The van der Waals surface area contributed by atoms with Crippen molar-refractivity contribution < 1.29 is 4.42 Å². The number of hydrogen-bond acceptors (Lipinski definition) is 6. The molecule has 4 rings (SSSR count). The minimum absolute atomic E-state index is 0.494. The van der Waals surface area contributed by atoms with Gasteiger partial charge in [0.25, 0.3) is 5.89 Å². The molecule has 0 aliphatic carbocycles. The normalized spacial score (nSPS) is 10.8. The SMILES string of the molecule is Cc1nc(-c2cccnc2)sc1-c1nnc(-c2ccccc2)o1. The van der Waals surface area contributed by atoms with Crippen LogP contribution in [0.15, 0.2) is 59.3 Å². The summed E-state index contributed by atoms with van der Waals surface area (Å²) in [6.07, 6.45) is 3.54. The molecular formula is C17H12N4OS. The lowest BCUT2D eigenvalue weighted by atomic mass is 10.2. The Morgan fingerprint density at radius 2 is 1.70 bits per heavy atom. The van der Waals surface area contributed by atoms with E-state index in [4.69, 9.17) is 4.42 Å². The third-order valence-corrected chi connectivity index (χ3v) is 4.54. The number of nitrogens with zero attached hydrogens (tertiary/aromatic N) is 4. The zero-order valence-electron chi connectivity index (χ0n) is 12.3. The molecule has 0 saturated carbocycles. The maximum atomic E-state index is 5.82. The van der Waals surface area contributed by atoms with Crippen LogP contribution in [0, 0.1) is 6.92 Å². The van der Waals surface area contributed by atoms with Crippen molar-refractivity contribution in [3.63, 3.8) is 0 Å². The summed E-state index contributed by atoms with van der Waals surface area (Å²) in [4.78, 5) is 9.61. The summed E-state index contributed by atoms with van der Waals surface area (Å²) in [7, 11) is 0. The van der Waals surface area contributed by atoms with E-state index < -0.39 is 0 Å². The first-order valence-corrected chi connectivity index (χ1v) is 7.90. The Labute approximate surface area is 136 Å². The fourth-order valence-electron chi connectivity index (χ4n) is 2.22. The highest BCUT2D eigenvalue weighted by Crippen LogP contribution is 2.35. The van der Waals surface area contributed by atoms with Gasteiger partial charge in [-0.25, -0.2) is 4.98 Å². The summed E-state index contributed by atoms with van der Waals surface area (Å²) in [5.74, 6) is 1.00. The summed E-state index contributed by atoms with van der Waals surface area (Å²) in [6, 6.07) is 13.6. The molecule has 0 amide bonds. The molecule has 0 aliphatic rings. The molecule has 0 atom stereocenters. The summed E-state index contributed by atoms with van der Waals surface area (Å²) in [6.45, 7) is 1.94. The number of benzene rings is 1. The minimum Gasteiger partial charge on any atom is -0.415 e. The Morgan fingerprint density at radius 3 is 2.48 bits per heavy atom. The summed E-state index contributed by atoms with van der Waals surface area (Å²) in [5.41, 5.74) is 2.76. The highest BCUT2D eigenvalue weighted by Gasteiger charge is 2.17. The number of aromatic nitrogens is 4. The van der Waals surface area contributed by atoms with E-state index in [9.17, 15) is 0 Å². The van der Waals surface area contributed by atoms with Crippen LogP contribution >= 0.6 is 11.3 Å². The van der Waals surface area contributed by atoms with Gasteiger partial charge in [-0.1, -0.05) is 18.2 Å². The molecule has 5 nitrogen and oxygen atoms in total. The first-order chi connectivity index (χ1) is 11.3. The molecule has 4 aromatic rings. The van der Waals surface area contributed by atoms with Gasteiger partial charge >= 0.3 is 0 Å². The average Bonchev–Trinajstić information content (AvgIpc) is 3.23. The van der Waals surface area contributed by atoms with Gasteiger partial charge in [-0.15, -0.1) is 21.5 Å². The van der Waals surface area contributed by atoms with Crippen molar-refractivity contribution in [3.05, 3.63) is 60.6 Å². The second-order valence-corrected chi connectivity index (χ2v) is 5.95. The lowest BCUT2D eigenvalue weighted by molar-refractivity contribution is 0.585. The van der Waals surface area contributed by atoms with Crippen LogP contribution in [0.5, 0.6) is 0 Å². The van der Waals surface area contributed by atoms with Gasteiger partial charge < -0.3 is 4.42 Å². The van der Waals surface area contributed by atoms with E-state index >= 15 is 0 Å². The standard InChI is InChI=1S/C17H12N4OS/c1-11-14(23-17(19-11)13-8-5-9-18-10-13)16-21-20-15(22-16)12-6-3-2-4-7-12/h2-10H,1H3. The van der Waals surface area contributed by atoms with Gasteiger partial charge in [-0.3, -0.25) is 4.98 Å². The monoisotopic (exact) mass is 320 g/mol. The molecule has 0 aliphatic heterocycles. The van der Waals surface area contributed by atoms with Crippen molar-refractivity contribution in [2.45, 2.75) is 6.92 Å². The van der Waals surface area contributed by atoms with Crippen LogP contribution in [0.25, 0.3) is 32.8 Å². The predicted molar refractivity (Wildman–Crippen MR) is 88.8 cm³/mol. The second kappa shape index (κ2) is 5.73. The third-order valence-electron chi connectivity index (χ3n) is 3.35. The molecule has 0 bridgehead atoms. The average molecular weight is 320 g/mol. The quantitative estimate of drug-likeness (QED) is 0.565. The summed E-state index contributed by atoms with van der Waals surface area (Å²) < 4.78 is 5.82. The largest absolute Gasteiger partial charge is 0.415 e. The van der Waals surface area contributed by atoms with Gasteiger partial charge in [-0.2, -0.15) is 0 Å². The fourth-order valence-corrected chi connectivity index (χ4v) is 3.20. The number of pyridine rings is 1. The van der Waals surface area contributed by atoms with Crippen molar-refractivity contribution in [2.24, 2.45) is 0 Å². The molecule has 23 heavy (non-hydrogen) atoms. The van der Waals surface area contributed by atoms with Crippen LogP contribution in [0.2, 0.25) is 0 Å². The molecule has 0 fully saturated rings. The first-order valence-electron chi connectivity index (χ1n) is 7.08. The van der Waals surface area contributed by atoms with E-state index in [1.54, 1.807) is 12.4 Å². The topological polar surface area (TPSA) is 64.7 Å².